The van der Waals surface area contributed by atoms with Crippen LogP contribution in [-0.4, -0.2) is 0 Å². The van der Waals surface area contributed by atoms with Gasteiger partial charge in [-0.15, -0.1) is 13.3 Å². The fraction of sp³-hybridized carbons (Fsp3) is 0.167. The zero-order valence-electron chi connectivity index (χ0n) is 4.97. The Balaban J connectivity index is 2.96. The SMILES string of the molecule is FC(F)[n+]1cccc(I)c1. The molecule has 0 aromatic carbocycles. The van der Waals surface area contributed by atoms with E-state index < -0.39 is 6.55 Å². The quantitative estimate of drug-likeness (QED) is 0.534. The van der Waals surface area contributed by atoms with Gasteiger partial charge in [0, 0.05) is 6.07 Å². The lowest BCUT2D eigenvalue weighted by Crippen LogP contribution is -2.33. The van der Waals surface area contributed by atoms with Gasteiger partial charge >= 0.3 is 6.55 Å². The maximum absolute atomic E-state index is 11.9. The molecule has 0 bridgehead atoms. The number of aromatic nitrogens is 1. The van der Waals surface area contributed by atoms with E-state index in [4.69, 9.17) is 0 Å². The number of rotatable bonds is 1. The summed E-state index contributed by atoms with van der Waals surface area (Å²) in [5.41, 5.74) is 0. The molecular formula is C6H5F2IN+. The van der Waals surface area contributed by atoms with Crippen LogP contribution in [0.4, 0.5) is 8.78 Å². The third kappa shape index (κ3) is 1.86. The molecule has 0 aliphatic carbocycles. The molecule has 1 heterocycles. The average molecular weight is 256 g/mol. The number of nitrogens with zero attached hydrogens (tertiary/aromatic N) is 1. The molecule has 1 rings (SSSR count). The van der Waals surface area contributed by atoms with E-state index in [2.05, 4.69) is 0 Å². The molecule has 0 aliphatic rings. The van der Waals surface area contributed by atoms with Crippen molar-refractivity contribution in [3.05, 3.63) is 28.1 Å². The summed E-state index contributed by atoms with van der Waals surface area (Å²) in [4.78, 5) is 0. The topological polar surface area (TPSA) is 3.88 Å². The van der Waals surface area contributed by atoms with Gasteiger partial charge in [-0.05, 0) is 28.7 Å². The van der Waals surface area contributed by atoms with E-state index in [1.165, 1.54) is 12.4 Å². The first kappa shape index (κ1) is 7.84. The van der Waals surface area contributed by atoms with E-state index in [1.54, 1.807) is 12.1 Å². The molecule has 0 N–H and O–H groups in total. The Labute approximate surface area is 70.8 Å². The molecule has 1 nitrogen and oxygen atoms in total. The van der Waals surface area contributed by atoms with Gasteiger partial charge < -0.3 is 0 Å². The van der Waals surface area contributed by atoms with Gasteiger partial charge in [0.2, 0.25) is 0 Å². The third-order valence-electron chi connectivity index (χ3n) is 1.01. The van der Waals surface area contributed by atoms with Crippen LogP contribution in [0.25, 0.3) is 0 Å². The summed E-state index contributed by atoms with van der Waals surface area (Å²) >= 11 is 1.98. The van der Waals surface area contributed by atoms with Gasteiger partial charge in [-0.25, -0.2) is 0 Å². The Morgan fingerprint density at radius 2 is 2.20 bits per heavy atom. The van der Waals surface area contributed by atoms with Crippen LogP contribution in [0, 0.1) is 3.57 Å². The van der Waals surface area contributed by atoms with Crippen molar-refractivity contribution in [3.63, 3.8) is 0 Å². The average Bonchev–Trinajstić information content (AvgIpc) is 1.88. The lowest BCUT2D eigenvalue weighted by Gasteiger charge is -1.91. The van der Waals surface area contributed by atoms with Gasteiger partial charge in [-0.3, -0.25) is 0 Å². The van der Waals surface area contributed by atoms with E-state index in [0.29, 0.717) is 0 Å². The lowest BCUT2D eigenvalue weighted by molar-refractivity contribution is -0.773. The highest BCUT2D eigenvalue weighted by atomic mass is 127. The van der Waals surface area contributed by atoms with Crippen molar-refractivity contribution < 1.29 is 13.3 Å². The maximum Gasteiger partial charge on any atom is 0.451 e. The molecule has 0 saturated carbocycles. The molecule has 1 aromatic rings. The van der Waals surface area contributed by atoms with E-state index in [1.807, 2.05) is 22.6 Å². The number of hydrogen-bond donors (Lipinski definition) is 0. The van der Waals surface area contributed by atoms with E-state index in [-0.39, 0.29) is 0 Å². The van der Waals surface area contributed by atoms with Gasteiger partial charge in [-0.2, -0.15) is 0 Å². The molecule has 0 saturated heterocycles. The van der Waals surface area contributed by atoms with Crippen molar-refractivity contribution in [2.75, 3.05) is 0 Å². The standard InChI is InChI=1S/C6H5F2IN/c7-6(8)10-3-1-2-5(9)4-10/h1-4,6H/q+1. The van der Waals surface area contributed by atoms with Crippen LogP contribution >= 0.6 is 22.6 Å². The van der Waals surface area contributed by atoms with Crippen molar-refractivity contribution in [2.24, 2.45) is 0 Å². The third-order valence-corrected chi connectivity index (χ3v) is 1.65. The molecule has 4 heteroatoms. The van der Waals surface area contributed by atoms with Crippen LogP contribution in [0.1, 0.15) is 6.55 Å². The summed E-state index contributed by atoms with van der Waals surface area (Å²) in [7, 11) is 0. The molecule has 54 valence electrons. The van der Waals surface area contributed by atoms with E-state index >= 15 is 0 Å². The largest absolute Gasteiger partial charge is 0.451 e. The van der Waals surface area contributed by atoms with Crippen molar-refractivity contribution in [2.45, 2.75) is 6.55 Å². The fourth-order valence-corrected chi connectivity index (χ4v) is 1.11. The number of pyridine rings is 1. The number of alkyl halides is 2. The van der Waals surface area contributed by atoms with Crippen molar-refractivity contribution >= 4 is 22.6 Å². The molecule has 10 heavy (non-hydrogen) atoms. The van der Waals surface area contributed by atoms with E-state index in [9.17, 15) is 8.78 Å². The van der Waals surface area contributed by atoms with Gasteiger partial charge in [0.1, 0.15) is 0 Å². The molecule has 1 aromatic heterocycles. The van der Waals surface area contributed by atoms with Gasteiger partial charge in [0.05, 0.1) is 3.57 Å². The zero-order valence-corrected chi connectivity index (χ0v) is 7.13. The first-order valence-electron chi connectivity index (χ1n) is 2.64. The molecule has 0 amide bonds. The highest BCUT2D eigenvalue weighted by Crippen LogP contribution is 2.02. The second-order valence-corrected chi connectivity index (χ2v) is 2.99. The van der Waals surface area contributed by atoms with Gasteiger partial charge in [-0.1, -0.05) is 0 Å². The second-order valence-electron chi connectivity index (χ2n) is 1.75. The van der Waals surface area contributed by atoms with Crippen LogP contribution in [0.15, 0.2) is 24.5 Å². The Hall–Kier alpha value is -0.260. The minimum Gasteiger partial charge on any atom is -0.143 e. The smallest absolute Gasteiger partial charge is 0.143 e. The van der Waals surface area contributed by atoms with Crippen LogP contribution < -0.4 is 4.57 Å². The first-order chi connectivity index (χ1) is 4.70. The molecule has 0 atom stereocenters. The lowest BCUT2D eigenvalue weighted by atomic mass is 10.5. The first-order valence-corrected chi connectivity index (χ1v) is 3.72. The summed E-state index contributed by atoms with van der Waals surface area (Å²) < 4.78 is 25.5. The molecule has 0 aliphatic heterocycles. The van der Waals surface area contributed by atoms with Gasteiger partial charge in [0.25, 0.3) is 0 Å². The number of halogens is 3. The summed E-state index contributed by atoms with van der Waals surface area (Å²) in [5, 5.41) is 0. The summed E-state index contributed by atoms with van der Waals surface area (Å²) in [6, 6.07) is 3.35. The predicted molar refractivity (Wildman–Crippen MR) is 40.6 cm³/mol. The van der Waals surface area contributed by atoms with Crippen molar-refractivity contribution in [1.82, 2.24) is 0 Å². The monoisotopic (exact) mass is 256 g/mol. The van der Waals surface area contributed by atoms with Crippen LogP contribution in [-0.2, 0) is 0 Å². The molecule has 0 radical (unpaired) electrons. The van der Waals surface area contributed by atoms with Crippen molar-refractivity contribution in [3.8, 4) is 0 Å². The van der Waals surface area contributed by atoms with Gasteiger partial charge in [0.15, 0.2) is 12.4 Å². The Morgan fingerprint density at radius 3 is 2.60 bits per heavy atom. The predicted octanol–water partition coefficient (Wildman–Crippen LogP) is 1.97. The Morgan fingerprint density at radius 1 is 1.50 bits per heavy atom. The highest BCUT2D eigenvalue weighted by Gasteiger charge is 2.12. The summed E-state index contributed by atoms with van der Waals surface area (Å²) in [5.74, 6) is 0. The Bertz CT molecular complexity index is 227. The van der Waals surface area contributed by atoms with E-state index in [0.717, 1.165) is 8.14 Å². The zero-order chi connectivity index (χ0) is 7.56. The highest BCUT2D eigenvalue weighted by molar-refractivity contribution is 14.1. The minimum absolute atomic E-state index is 0.806. The Kier molecular flexibility index (Phi) is 2.53. The fourth-order valence-electron chi connectivity index (χ4n) is 0.584. The molecular weight excluding hydrogens is 251 g/mol. The maximum atomic E-state index is 11.9. The molecule has 0 unspecified atom stereocenters. The summed E-state index contributed by atoms with van der Waals surface area (Å²) in [6.07, 6.45) is 2.73. The molecule has 0 fully saturated rings. The van der Waals surface area contributed by atoms with Crippen molar-refractivity contribution in [1.29, 1.82) is 0 Å². The van der Waals surface area contributed by atoms with Crippen LogP contribution in [0.5, 0.6) is 0 Å². The second kappa shape index (κ2) is 3.23. The summed E-state index contributed by atoms with van der Waals surface area (Å²) in [6.45, 7) is -2.44. The van der Waals surface area contributed by atoms with Crippen LogP contribution in [0.3, 0.4) is 0 Å². The minimum atomic E-state index is -2.44. The van der Waals surface area contributed by atoms with Crippen LogP contribution in [0.2, 0.25) is 0 Å². The number of hydrogen-bond acceptors (Lipinski definition) is 0. The normalized spacial score (nSPS) is 10.4. The molecule has 0 spiro atoms.